The number of aryl methyl sites for hydroxylation is 3. The molecule has 0 amide bonds. The van der Waals surface area contributed by atoms with Crippen LogP contribution in [0.5, 0.6) is 0 Å². The number of rotatable bonds is 0. The van der Waals surface area contributed by atoms with E-state index in [1.165, 1.54) is 53.5 Å². The van der Waals surface area contributed by atoms with Gasteiger partial charge in [-0.15, -0.1) is 0 Å². The number of benzene rings is 2. The van der Waals surface area contributed by atoms with E-state index >= 15 is 0 Å². The Kier molecular flexibility index (Phi) is 2.35. The predicted molar refractivity (Wildman–Crippen MR) is 80.8 cm³/mol. The lowest BCUT2D eigenvalue weighted by Crippen LogP contribution is -2.03. The summed E-state index contributed by atoms with van der Waals surface area (Å²) in [6.45, 7) is 4.51. The summed E-state index contributed by atoms with van der Waals surface area (Å²) in [6.07, 6.45) is 6.45. The fourth-order valence-corrected chi connectivity index (χ4v) is 3.82. The molecule has 0 radical (unpaired) electrons. The molecule has 0 unspecified atom stereocenters. The molecule has 0 heteroatoms. The molecular formula is C19H20. The zero-order chi connectivity index (χ0) is 13.0. The maximum Gasteiger partial charge on any atom is -0.00132 e. The first-order valence-electron chi connectivity index (χ1n) is 7.48. The van der Waals surface area contributed by atoms with Gasteiger partial charge in [0.1, 0.15) is 0 Å². The summed E-state index contributed by atoms with van der Waals surface area (Å²) in [5.74, 6) is 0. The molecular weight excluding hydrogens is 228 g/mol. The molecule has 0 nitrogen and oxygen atoms in total. The second kappa shape index (κ2) is 3.96. The van der Waals surface area contributed by atoms with Crippen molar-refractivity contribution < 1.29 is 0 Å². The van der Waals surface area contributed by atoms with Crippen molar-refractivity contribution in [2.24, 2.45) is 0 Å². The fourth-order valence-electron chi connectivity index (χ4n) is 3.82. The highest BCUT2D eigenvalue weighted by atomic mass is 14.3. The van der Waals surface area contributed by atoms with Crippen molar-refractivity contribution in [1.29, 1.82) is 0 Å². The summed E-state index contributed by atoms with van der Waals surface area (Å²) < 4.78 is 0. The van der Waals surface area contributed by atoms with Crippen LogP contribution in [0.3, 0.4) is 0 Å². The van der Waals surface area contributed by atoms with Crippen LogP contribution >= 0.6 is 0 Å². The number of fused-ring (bicyclic) bond motifs is 4. The lowest BCUT2D eigenvalue weighted by Gasteiger charge is -2.18. The van der Waals surface area contributed by atoms with Gasteiger partial charge in [-0.3, -0.25) is 0 Å². The minimum absolute atomic E-state index is 1.14. The zero-order valence-corrected chi connectivity index (χ0v) is 11.8. The lowest BCUT2D eigenvalue weighted by atomic mass is 9.87. The molecule has 0 N–H and O–H groups in total. The average Bonchev–Trinajstić information content (AvgIpc) is 2.78. The van der Waals surface area contributed by atoms with E-state index in [-0.39, 0.29) is 0 Å². The molecule has 2 aromatic rings. The molecule has 19 heavy (non-hydrogen) atoms. The van der Waals surface area contributed by atoms with E-state index in [9.17, 15) is 0 Å². The molecule has 4 rings (SSSR count). The summed E-state index contributed by atoms with van der Waals surface area (Å²) in [7, 11) is 0. The molecule has 0 aliphatic heterocycles. The Hall–Kier alpha value is -1.56. The van der Waals surface area contributed by atoms with Crippen molar-refractivity contribution in [3.8, 4) is 11.1 Å². The minimum Gasteiger partial charge on any atom is -0.0587 e. The quantitative estimate of drug-likeness (QED) is 0.538. The Morgan fingerprint density at radius 1 is 0.789 bits per heavy atom. The molecule has 0 aromatic heterocycles. The zero-order valence-electron chi connectivity index (χ0n) is 11.8. The van der Waals surface area contributed by atoms with Crippen LogP contribution in [0.2, 0.25) is 0 Å². The van der Waals surface area contributed by atoms with Crippen molar-refractivity contribution in [3.05, 3.63) is 57.6 Å². The maximum atomic E-state index is 2.50. The van der Waals surface area contributed by atoms with Crippen molar-refractivity contribution in [2.45, 2.75) is 46.0 Å². The van der Waals surface area contributed by atoms with Gasteiger partial charge < -0.3 is 0 Å². The van der Waals surface area contributed by atoms with Gasteiger partial charge in [0.2, 0.25) is 0 Å². The van der Waals surface area contributed by atoms with Crippen molar-refractivity contribution >= 4 is 0 Å². The summed E-state index contributed by atoms with van der Waals surface area (Å²) in [5, 5.41) is 0. The SMILES string of the molecule is Cc1ccc2c(c1C)-c1cc3c(cc1C2)CCCC3. The Balaban J connectivity index is 1.96. The molecule has 0 saturated heterocycles. The van der Waals surface area contributed by atoms with E-state index in [2.05, 4.69) is 38.1 Å². The van der Waals surface area contributed by atoms with Crippen LogP contribution in [0.1, 0.15) is 46.2 Å². The monoisotopic (exact) mass is 248 g/mol. The van der Waals surface area contributed by atoms with E-state index in [4.69, 9.17) is 0 Å². The highest BCUT2D eigenvalue weighted by Crippen LogP contribution is 2.42. The lowest BCUT2D eigenvalue weighted by molar-refractivity contribution is 0.685. The predicted octanol–water partition coefficient (Wildman–Crippen LogP) is 4.75. The number of hydrogen-bond donors (Lipinski definition) is 0. The fraction of sp³-hybridized carbons (Fsp3) is 0.368. The van der Waals surface area contributed by atoms with Crippen molar-refractivity contribution in [1.82, 2.24) is 0 Å². The highest BCUT2D eigenvalue weighted by molar-refractivity contribution is 5.81. The highest BCUT2D eigenvalue weighted by Gasteiger charge is 2.23. The second-order valence-corrected chi connectivity index (χ2v) is 6.20. The summed E-state index contributed by atoms with van der Waals surface area (Å²) in [6, 6.07) is 9.61. The van der Waals surface area contributed by atoms with E-state index in [0.29, 0.717) is 0 Å². The van der Waals surface area contributed by atoms with Gasteiger partial charge in [-0.2, -0.15) is 0 Å². The van der Waals surface area contributed by atoms with Crippen LogP contribution in [-0.2, 0) is 19.3 Å². The Labute approximate surface area is 115 Å². The second-order valence-electron chi connectivity index (χ2n) is 6.20. The van der Waals surface area contributed by atoms with E-state index in [1.54, 1.807) is 16.7 Å². The van der Waals surface area contributed by atoms with Gasteiger partial charge in [0, 0.05) is 0 Å². The third-order valence-electron chi connectivity index (χ3n) is 5.04. The van der Waals surface area contributed by atoms with Crippen LogP contribution in [-0.4, -0.2) is 0 Å². The molecule has 0 heterocycles. The van der Waals surface area contributed by atoms with Gasteiger partial charge in [-0.1, -0.05) is 24.3 Å². The van der Waals surface area contributed by atoms with Gasteiger partial charge in [0.15, 0.2) is 0 Å². The minimum atomic E-state index is 1.14. The third-order valence-corrected chi connectivity index (χ3v) is 5.04. The van der Waals surface area contributed by atoms with Crippen LogP contribution in [0.4, 0.5) is 0 Å². The maximum absolute atomic E-state index is 2.50. The van der Waals surface area contributed by atoms with E-state index in [0.717, 1.165) is 6.42 Å². The van der Waals surface area contributed by atoms with Gasteiger partial charge >= 0.3 is 0 Å². The first-order valence-corrected chi connectivity index (χ1v) is 7.48. The molecule has 2 aromatic carbocycles. The van der Waals surface area contributed by atoms with Crippen molar-refractivity contribution in [3.63, 3.8) is 0 Å². The van der Waals surface area contributed by atoms with Crippen LogP contribution in [0.25, 0.3) is 11.1 Å². The van der Waals surface area contributed by atoms with Gasteiger partial charge in [0.05, 0.1) is 0 Å². The molecule has 2 aliphatic rings. The molecule has 0 fully saturated rings. The molecule has 0 saturated carbocycles. The third kappa shape index (κ3) is 1.59. The largest absolute Gasteiger partial charge is 0.0587 e. The van der Waals surface area contributed by atoms with Crippen molar-refractivity contribution in [2.75, 3.05) is 0 Å². The van der Waals surface area contributed by atoms with E-state index < -0.39 is 0 Å². The first-order chi connectivity index (χ1) is 9.24. The van der Waals surface area contributed by atoms with Gasteiger partial charge in [-0.25, -0.2) is 0 Å². The molecule has 0 spiro atoms. The Bertz CT molecular complexity index is 677. The first kappa shape index (κ1) is 11.3. The smallest absolute Gasteiger partial charge is 0.00132 e. The van der Waals surface area contributed by atoms with Gasteiger partial charge in [0.25, 0.3) is 0 Å². The molecule has 96 valence electrons. The summed E-state index contributed by atoms with van der Waals surface area (Å²) in [4.78, 5) is 0. The molecule has 0 atom stereocenters. The molecule has 2 aliphatic carbocycles. The normalized spacial score (nSPS) is 15.9. The van der Waals surface area contributed by atoms with Crippen LogP contribution < -0.4 is 0 Å². The molecule has 0 bridgehead atoms. The van der Waals surface area contributed by atoms with Crippen LogP contribution in [0.15, 0.2) is 24.3 Å². The Morgan fingerprint density at radius 3 is 2.32 bits per heavy atom. The summed E-state index contributed by atoms with van der Waals surface area (Å²) in [5.41, 5.74) is 12.3. The summed E-state index contributed by atoms with van der Waals surface area (Å²) >= 11 is 0. The Morgan fingerprint density at radius 2 is 1.53 bits per heavy atom. The van der Waals surface area contributed by atoms with Gasteiger partial charge in [-0.05, 0) is 90.5 Å². The van der Waals surface area contributed by atoms with E-state index in [1.807, 2.05) is 0 Å². The topological polar surface area (TPSA) is 0 Å². The number of hydrogen-bond acceptors (Lipinski definition) is 0. The van der Waals surface area contributed by atoms with Crippen LogP contribution in [0, 0.1) is 13.8 Å². The standard InChI is InChI=1S/C19H20/c1-12-7-8-16-10-17-9-14-5-3-4-6-15(14)11-18(17)19(16)13(12)2/h7-9,11H,3-6,10H2,1-2H3. The average molecular weight is 248 g/mol.